The first-order valence-corrected chi connectivity index (χ1v) is 6.46. The first-order valence-electron chi connectivity index (χ1n) is 6.46. The standard InChI is InChI=1S/C15H18N2O2/c1-12(2)8-9-14(18)17-11-10-16(15(17)19)13-6-4-3-5-7-13/h3-9,12H,10-11H2,1-2H3/b9-8+. The summed E-state index contributed by atoms with van der Waals surface area (Å²) in [5.74, 6) is 0.0593. The Morgan fingerprint density at radius 2 is 1.89 bits per heavy atom. The Morgan fingerprint density at radius 1 is 1.21 bits per heavy atom. The Morgan fingerprint density at radius 3 is 2.53 bits per heavy atom. The molecule has 0 atom stereocenters. The van der Waals surface area contributed by atoms with Crippen molar-refractivity contribution < 1.29 is 9.59 Å². The molecule has 1 aliphatic rings. The van der Waals surface area contributed by atoms with Crippen molar-refractivity contribution in [2.75, 3.05) is 18.0 Å². The van der Waals surface area contributed by atoms with Crippen LogP contribution >= 0.6 is 0 Å². The molecule has 0 unspecified atom stereocenters. The quantitative estimate of drug-likeness (QED) is 0.782. The molecule has 0 saturated carbocycles. The van der Waals surface area contributed by atoms with Gasteiger partial charge in [-0.25, -0.2) is 4.79 Å². The molecule has 1 aromatic rings. The van der Waals surface area contributed by atoms with Crippen molar-refractivity contribution in [3.63, 3.8) is 0 Å². The highest BCUT2D eigenvalue weighted by Gasteiger charge is 2.32. The zero-order valence-corrected chi connectivity index (χ0v) is 11.2. The lowest BCUT2D eigenvalue weighted by molar-refractivity contribution is -0.122. The second-order valence-corrected chi connectivity index (χ2v) is 4.86. The second kappa shape index (κ2) is 5.69. The summed E-state index contributed by atoms with van der Waals surface area (Å²) in [6.07, 6.45) is 3.29. The molecule has 4 nitrogen and oxygen atoms in total. The van der Waals surface area contributed by atoms with Gasteiger partial charge in [-0.2, -0.15) is 0 Å². The van der Waals surface area contributed by atoms with Crippen LogP contribution in [0, 0.1) is 5.92 Å². The van der Waals surface area contributed by atoms with Gasteiger partial charge in [-0.05, 0) is 24.1 Å². The summed E-state index contributed by atoms with van der Waals surface area (Å²) in [7, 11) is 0. The number of para-hydroxylation sites is 1. The van der Waals surface area contributed by atoms with E-state index in [0.29, 0.717) is 19.0 Å². The monoisotopic (exact) mass is 258 g/mol. The number of amides is 3. The van der Waals surface area contributed by atoms with E-state index in [1.165, 1.54) is 11.0 Å². The number of urea groups is 1. The predicted molar refractivity (Wildman–Crippen MR) is 74.9 cm³/mol. The first-order chi connectivity index (χ1) is 9.09. The largest absolute Gasteiger partial charge is 0.331 e. The van der Waals surface area contributed by atoms with Gasteiger partial charge >= 0.3 is 6.03 Å². The van der Waals surface area contributed by atoms with Crippen molar-refractivity contribution in [2.24, 2.45) is 5.92 Å². The Hall–Kier alpha value is -2.10. The lowest BCUT2D eigenvalue weighted by Crippen LogP contribution is -2.35. The van der Waals surface area contributed by atoms with Gasteiger partial charge in [0.05, 0.1) is 0 Å². The number of anilines is 1. The number of imide groups is 1. The van der Waals surface area contributed by atoms with Crippen molar-refractivity contribution in [1.29, 1.82) is 0 Å². The molecule has 1 heterocycles. The van der Waals surface area contributed by atoms with Crippen LogP contribution < -0.4 is 4.90 Å². The van der Waals surface area contributed by atoms with Crippen LogP contribution in [0.1, 0.15) is 13.8 Å². The van der Waals surface area contributed by atoms with Crippen LogP contribution in [0.25, 0.3) is 0 Å². The fourth-order valence-corrected chi connectivity index (χ4v) is 1.95. The number of hydrogen-bond acceptors (Lipinski definition) is 2. The highest BCUT2D eigenvalue weighted by Crippen LogP contribution is 2.19. The van der Waals surface area contributed by atoms with E-state index in [0.717, 1.165) is 5.69 Å². The number of allylic oxidation sites excluding steroid dienone is 1. The number of carbonyl (C=O) groups is 2. The third-order valence-corrected chi connectivity index (χ3v) is 2.97. The molecule has 1 aromatic carbocycles. The van der Waals surface area contributed by atoms with E-state index in [1.807, 2.05) is 44.2 Å². The average molecular weight is 258 g/mol. The van der Waals surface area contributed by atoms with Crippen LogP contribution in [0.2, 0.25) is 0 Å². The SMILES string of the molecule is CC(C)/C=C/C(=O)N1CCN(c2ccccc2)C1=O. The van der Waals surface area contributed by atoms with Crippen LogP contribution in [-0.2, 0) is 4.79 Å². The van der Waals surface area contributed by atoms with Gasteiger partial charge in [-0.3, -0.25) is 14.6 Å². The van der Waals surface area contributed by atoms with Gasteiger partial charge in [0.25, 0.3) is 5.91 Å². The van der Waals surface area contributed by atoms with Crippen LogP contribution in [0.4, 0.5) is 10.5 Å². The Labute approximate surface area is 113 Å². The number of rotatable bonds is 3. The van der Waals surface area contributed by atoms with Crippen molar-refractivity contribution in [1.82, 2.24) is 4.90 Å². The fraction of sp³-hybridized carbons (Fsp3) is 0.333. The molecule has 3 amide bonds. The van der Waals surface area contributed by atoms with Gasteiger partial charge in [-0.15, -0.1) is 0 Å². The Kier molecular flexibility index (Phi) is 4.00. The summed E-state index contributed by atoms with van der Waals surface area (Å²) in [5, 5.41) is 0. The smallest absolute Gasteiger partial charge is 0.292 e. The molecule has 0 aromatic heterocycles. The topological polar surface area (TPSA) is 40.6 Å². The lowest BCUT2D eigenvalue weighted by atomic mass is 10.2. The fourth-order valence-electron chi connectivity index (χ4n) is 1.95. The molecule has 0 bridgehead atoms. The molecular weight excluding hydrogens is 240 g/mol. The third kappa shape index (κ3) is 3.02. The van der Waals surface area contributed by atoms with Gasteiger partial charge in [0, 0.05) is 18.8 Å². The van der Waals surface area contributed by atoms with E-state index in [1.54, 1.807) is 11.0 Å². The second-order valence-electron chi connectivity index (χ2n) is 4.86. The van der Waals surface area contributed by atoms with E-state index in [2.05, 4.69) is 0 Å². The summed E-state index contributed by atoms with van der Waals surface area (Å²) >= 11 is 0. The molecule has 0 N–H and O–H groups in total. The molecule has 1 aliphatic heterocycles. The first kappa shape index (κ1) is 13.3. The van der Waals surface area contributed by atoms with Gasteiger partial charge in [0.1, 0.15) is 0 Å². The number of hydrogen-bond donors (Lipinski definition) is 0. The van der Waals surface area contributed by atoms with Crippen LogP contribution in [0.5, 0.6) is 0 Å². The zero-order valence-electron chi connectivity index (χ0n) is 11.2. The lowest BCUT2D eigenvalue weighted by Gasteiger charge is -2.16. The molecule has 1 saturated heterocycles. The summed E-state index contributed by atoms with van der Waals surface area (Å²) in [6.45, 7) is 4.97. The average Bonchev–Trinajstić information content (AvgIpc) is 2.79. The zero-order chi connectivity index (χ0) is 13.8. The van der Waals surface area contributed by atoms with E-state index in [9.17, 15) is 9.59 Å². The van der Waals surface area contributed by atoms with E-state index in [-0.39, 0.29) is 11.9 Å². The minimum absolute atomic E-state index is 0.239. The molecular formula is C15H18N2O2. The maximum atomic E-state index is 12.2. The van der Waals surface area contributed by atoms with E-state index in [4.69, 9.17) is 0 Å². The maximum Gasteiger partial charge on any atom is 0.331 e. The van der Waals surface area contributed by atoms with Crippen molar-refractivity contribution in [3.05, 3.63) is 42.5 Å². The molecule has 100 valence electrons. The van der Waals surface area contributed by atoms with Crippen molar-refractivity contribution in [3.8, 4) is 0 Å². The Bertz CT molecular complexity index is 494. The van der Waals surface area contributed by atoms with Gasteiger partial charge in [0.15, 0.2) is 0 Å². The van der Waals surface area contributed by atoms with E-state index < -0.39 is 0 Å². The number of nitrogens with zero attached hydrogens (tertiary/aromatic N) is 2. The molecule has 19 heavy (non-hydrogen) atoms. The van der Waals surface area contributed by atoms with Crippen LogP contribution in [-0.4, -0.2) is 29.9 Å². The van der Waals surface area contributed by atoms with E-state index >= 15 is 0 Å². The van der Waals surface area contributed by atoms with Crippen molar-refractivity contribution in [2.45, 2.75) is 13.8 Å². The van der Waals surface area contributed by atoms with Crippen LogP contribution in [0.3, 0.4) is 0 Å². The molecule has 0 spiro atoms. The van der Waals surface area contributed by atoms with Crippen LogP contribution in [0.15, 0.2) is 42.5 Å². The molecule has 0 aliphatic carbocycles. The number of carbonyl (C=O) groups excluding carboxylic acids is 2. The summed E-state index contributed by atoms with van der Waals surface area (Å²) < 4.78 is 0. The normalized spacial score (nSPS) is 15.8. The third-order valence-electron chi connectivity index (χ3n) is 2.97. The highest BCUT2D eigenvalue weighted by molar-refractivity contribution is 6.07. The minimum atomic E-state index is -0.246. The minimum Gasteiger partial charge on any atom is -0.292 e. The highest BCUT2D eigenvalue weighted by atomic mass is 16.2. The maximum absolute atomic E-state index is 12.2. The molecule has 0 radical (unpaired) electrons. The Balaban J connectivity index is 2.08. The van der Waals surface area contributed by atoms with Gasteiger partial charge in [-0.1, -0.05) is 38.1 Å². The molecule has 1 fully saturated rings. The predicted octanol–water partition coefficient (Wildman–Crippen LogP) is 2.67. The summed E-state index contributed by atoms with van der Waals surface area (Å²) in [4.78, 5) is 27.0. The summed E-state index contributed by atoms with van der Waals surface area (Å²) in [5.41, 5.74) is 0.829. The van der Waals surface area contributed by atoms with Gasteiger partial charge in [0.2, 0.25) is 0 Å². The molecule has 2 rings (SSSR count). The van der Waals surface area contributed by atoms with Gasteiger partial charge < -0.3 is 0 Å². The summed E-state index contributed by atoms with van der Waals surface area (Å²) in [6, 6.07) is 9.16. The number of benzene rings is 1. The molecule has 4 heteroatoms. The van der Waals surface area contributed by atoms with Crippen molar-refractivity contribution >= 4 is 17.6 Å².